The normalized spacial score (nSPS) is 13.6. The van der Waals surface area contributed by atoms with Gasteiger partial charge in [0.15, 0.2) is 0 Å². The third-order valence-corrected chi connectivity index (χ3v) is 11.8. The summed E-state index contributed by atoms with van der Waals surface area (Å²) in [6.07, 6.45) is 2.88. The lowest BCUT2D eigenvalue weighted by Gasteiger charge is -2.43. The average Bonchev–Trinajstić information content (AvgIpc) is 2.90. The van der Waals surface area contributed by atoms with E-state index in [0.29, 0.717) is 32.5 Å². The maximum atomic E-state index is 10.5. The summed E-state index contributed by atoms with van der Waals surface area (Å²) in [4.78, 5) is 0. The van der Waals surface area contributed by atoms with Crippen LogP contribution < -0.4 is 15.1 Å². The number of aliphatic hydroxyl groups excluding tert-OH is 1. The molecule has 0 fully saturated rings. The number of hydrogen-bond acceptors (Lipinski definition) is 4. The molecule has 37 heavy (non-hydrogen) atoms. The summed E-state index contributed by atoms with van der Waals surface area (Å²) in [6.45, 7) is 11.6. The largest absolute Gasteiger partial charge is 0.497 e. The van der Waals surface area contributed by atoms with Gasteiger partial charge in [0.05, 0.1) is 25.9 Å². The van der Waals surface area contributed by atoms with E-state index in [4.69, 9.17) is 13.9 Å². The van der Waals surface area contributed by atoms with Crippen LogP contribution in [0.3, 0.4) is 0 Å². The van der Waals surface area contributed by atoms with Crippen molar-refractivity contribution in [2.45, 2.75) is 63.9 Å². The van der Waals surface area contributed by atoms with Crippen molar-refractivity contribution < 1.29 is 19.0 Å². The Labute approximate surface area is 224 Å². The molecule has 0 aliphatic carbocycles. The maximum absolute atomic E-state index is 10.5. The molecule has 0 saturated carbocycles. The Balaban J connectivity index is 1.81. The molecule has 0 bridgehead atoms. The molecule has 0 radical (unpaired) electrons. The first-order chi connectivity index (χ1) is 17.8. The Morgan fingerprint density at radius 1 is 0.892 bits per heavy atom. The molecule has 0 aliphatic heterocycles. The summed E-state index contributed by atoms with van der Waals surface area (Å²) in [5, 5.41) is 13.0. The highest BCUT2D eigenvalue weighted by molar-refractivity contribution is 6.99. The minimum Gasteiger partial charge on any atom is -0.497 e. The van der Waals surface area contributed by atoms with E-state index >= 15 is 0 Å². The van der Waals surface area contributed by atoms with E-state index in [-0.39, 0.29) is 11.1 Å². The standard InChI is InChI=1S/C32H42O4Si/c1-6-13-27(33)24-29(35-25-26-18-20-28(34-5)21-19-26)22-23-36-37(32(2,3)4,30-14-9-7-10-15-30)31-16-11-8-12-17-31/h6-12,14-21,27,29,33H,1,13,22-25H2,2-5H3/t27-,29+/m1/s1. The second-order valence-electron chi connectivity index (χ2n) is 10.5. The third-order valence-electron chi connectivity index (χ3n) is 6.79. The van der Waals surface area contributed by atoms with Crippen LogP contribution in [0.5, 0.6) is 5.75 Å². The smallest absolute Gasteiger partial charge is 0.261 e. The van der Waals surface area contributed by atoms with Crippen molar-refractivity contribution in [1.29, 1.82) is 0 Å². The van der Waals surface area contributed by atoms with Gasteiger partial charge < -0.3 is 19.0 Å². The molecule has 0 saturated heterocycles. The first kappa shape index (κ1) is 28.9. The number of aliphatic hydroxyl groups is 1. The predicted octanol–water partition coefficient (Wildman–Crippen LogP) is 5.87. The molecule has 0 unspecified atom stereocenters. The molecule has 5 heteroatoms. The summed E-state index contributed by atoms with van der Waals surface area (Å²) in [5.41, 5.74) is 1.07. The molecule has 2 atom stereocenters. The molecule has 0 spiro atoms. The number of methoxy groups -OCH3 is 1. The predicted molar refractivity (Wildman–Crippen MR) is 155 cm³/mol. The summed E-state index contributed by atoms with van der Waals surface area (Å²) < 4.78 is 18.7. The van der Waals surface area contributed by atoms with Crippen molar-refractivity contribution in [3.63, 3.8) is 0 Å². The van der Waals surface area contributed by atoms with Gasteiger partial charge in [0.25, 0.3) is 8.32 Å². The van der Waals surface area contributed by atoms with Crippen molar-refractivity contribution >= 4 is 18.7 Å². The second kappa shape index (κ2) is 13.7. The molecule has 3 aromatic rings. The van der Waals surface area contributed by atoms with Crippen molar-refractivity contribution in [1.82, 2.24) is 0 Å². The van der Waals surface area contributed by atoms with Crippen LogP contribution in [-0.4, -0.2) is 39.3 Å². The number of hydrogen-bond donors (Lipinski definition) is 1. The van der Waals surface area contributed by atoms with Crippen LogP contribution in [0.2, 0.25) is 5.04 Å². The van der Waals surface area contributed by atoms with Gasteiger partial charge in [-0.25, -0.2) is 0 Å². The number of benzene rings is 3. The molecule has 0 aromatic heterocycles. The van der Waals surface area contributed by atoms with Crippen LogP contribution in [0.4, 0.5) is 0 Å². The van der Waals surface area contributed by atoms with Gasteiger partial charge >= 0.3 is 0 Å². The highest BCUT2D eigenvalue weighted by atomic mass is 28.4. The topological polar surface area (TPSA) is 47.9 Å². The first-order valence-electron chi connectivity index (χ1n) is 13.1. The van der Waals surface area contributed by atoms with Gasteiger partial charge in [0.1, 0.15) is 5.75 Å². The first-order valence-corrected chi connectivity index (χ1v) is 15.0. The lowest BCUT2D eigenvalue weighted by Crippen LogP contribution is -2.66. The average molecular weight is 519 g/mol. The summed E-state index contributed by atoms with van der Waals surface area (Å²) in [6, 6.07) is 29.2. The van der Waals surface area contributed by atoms with Gasteiger partial charge in [-0.2, -0.15) is 0 Å². The van der Waals surface area contributed by atoms with E-state index in [1.807, 2.05) is 24.3 Å². The highest BCUT2D eigenvalue weighted by Gasteiger charge is 2.50. The van der Waals surface area contributed by atoms with Crippen LogP contribution in [-0.2, 0) is 15.8 Å². The Bertz CT molecular complexity index is 1020. The molecule has 0 heterocycles. The number of rotatable bonds is 14. The van der Waals surface area contributed by atoms with Gasteiger partial charge in [-0.3, -0.25) is 0 Å². The van der Waals surface area contributed by atoms with E-state index in [0.717, 1.165) is 11.3 Å². The van der Waals surface area contributed by atoms with Crippen molar-refractivity contribution in [2.24, 2.45) is 0 Å². The van der Waals surface area contributed by atoms with E-state index in [1.54, 1.807) is 13.2 Å². The monoisotopic (exact) mass is 518 g/mol. The molecule has 0 amide bonds. The van der Waals surface area contributed by atoms with Gasteiger partial charge in [-0.15, -0.1) is 6.58 Å². The fourth-order valence-corrected chi connectivity index (χ4v) is 9.48. The van der Waals surface area contributed by atoms with Crippen molar-refractivity contribution in [2.75, 3.05) is 13.7 Å². The summed E-state index contributed by atoms with van der Waals surface area (Å²) >= 11 is 0. The Hall–Kier alpha value is -2.70. The Kier molecular flexibility index (Phi) is 10.7. The highest BCUT2D eigenvalue weighted by Crippen LogP contribution is 2.37. The maximum Gasteiger partial charge on any atom is 0.261 e. The van der Waals surface area contributed by atoms with Gasteiger partial charge in [0, 0.05) is 6.61 Å². The van der Waals surface area contributed by atoms with Crippen LogP contribution >= 0.6 is 0 Å². The van der Waals surface area contributed by atoms with Gasteiger partial charge in [-0.05, 0) is 52.4 Å². The molecule has 1 N–H and O–H groups in total. The fourth-order valence-electron chi connectivity index (χ4n) is 4.90. The zero-order chi connectivity index (χ0) is 26.7. The minimum atomic E-state index is -2.62. The van der Waals surface area contributed by atoms with Gasteiger partial charge in [-0.1, -0.05) is 99.6 Å². The minimum absolute atomic E-state index is 0.0858. The molecular formula is C32H42O4Si. The van der Waals surface area contributed by atoms with Crippen molar-refractivity contribution in [3.05, 3.63) is 103 Å². The molecule has 198 valence electrons. The SMILES string of the molecule is C=CC[C@@H](O)C[C@H](CCO[Si](c1ccccc1)(c1ccccc1)C(C)(C)C)OCc1ccc(OC)cc1. The van der Waals surface area contributed by atoms with Crippen LogP contribution in [0, 0.1) is 0 Å². The van der Waals surface area contributed by atoms with E-state index in [9.17, 15) is 5.11 Å². The van der Waals surface area contributed by atoms with Crippen LogP contribution in [0.15, 0.2) is 97.6 Å². The third kappa shape index (κ3) is 7.65. The lowest BCUT2D eigenvalue weighted by molar-refractivity contribution is -0.00670. The van der Waals surface area contributed by atoms with E-state index in [1.165, 1.54) is 10.4 Å². The van der Waals surface area contributed by atoms with Crippen LogP contribution in [0.25, 0.3) is 0 Å². The summed E-state index contributed by atoms with van der Waals surface area (Å²) in [5.74, 6) is 0.820. The molecule has 3 aromatic carbocycles. The fraction of sp³-hybridized carbons (Fsp3) is 0.375. The van der Waals surface area contributed by atoms with Crippen molar-refractivity contribution in [3.8, 4) is 5.75 Å². The van der Waals surface area contributed by atoms with Crippen LogP contribution in [0.1, 0.15) is 45.6 Å². The zero-order valence-electron chi connectivity index (χ0n) is 22.7. The van der Waals surface area contributed by atoms with Gasteiger partial charge in [0.2, 0.25) is 0 Å². The molecular weight excluding hydrogens is 476 g/mol. The van der Waals surface area contributed by atoms with E-state index in [2.05, 4.69) is 88.0 Å². The molecule has 3 rings (SSSR count). The number of ether oxygens (including phenoxy) is 2. The Morgan fingerprint density at radius 2 is 1.46 bits per heavy atom. The molecule has 4 nitrogen and oxygen atoms in total. The lowest BCUT2D eigenvalue weighted by atomic mass is 10.1. The van der Waals surface area contributed by atoms with E-state index < -0.39 is 14.4 Å². The second-order valence-corrected chi connectivity index (χ2v) is 14.8. The summed E-state index contributed by atoms with van der Waals surface area (Å²) in [7, 11) is -0.956. The molecule has 0 aliphatic rings. The zero-order valence-corrected chi connectivity index (χ0v) is 23.7. The Morgan fingerprint density at radius 3 is 1.95 bits per heavy atom. The quantitative estimate of drug-likeness (QED) is 0.214.